The molecule has 0 saturated carbocycles. The lowest BCUT2D eigenvalue weighted by atomic mass is 10.2. The van der Waals surface area contributed by atoms with Crippen molar-refractivity contribution in [1.82, 2.24) is 34.2 Å². The molecule has 5 rings (SSSR count). The van der Waals surface area contributed by atoms with Crippen LogP contribution in [0.15, 0.2) is 61.1 Å². The number of halogens is 1. The first kappa shape index (κ1) is 19.6. The molecule has 160 valence electrons. The maximum Gasteiger partial charge on any atom is 0.277 e. The van der Waals surface area contributed by atoms with Gasteiger partial charge in [-0.2, -0.15) is 15.3 Å². The maximum absolute atomic E-state index is 13.4. The second-order valence-corrected chi connectivity index (χ2v) is 7.38. The molecule has 0 aliphatic rings. The van der Waals surface area contributed by atoms with Gasteiger partial charge in [0, 0.05) is 42.8 Å². The molecule has 4 heterocycles. The van der Waals surface area contributed by atoms with Crippen molar-refractivity contribution in [2.45, 2.75) is 13.5 Å². The predicted molar refractivity (Wildman–Crippen MR) is 116 cm³/mol. The number of fused-ring (bicyclic) bond motifs is 1. The van der Waals surface area contributed by atoms with Gasteiger partial charge in [-0.3, -0.25) is 14.2 Å². The normalized spacial score (nSPS) is 11.2. The molecular weight excluding hydrogens is 411 g/mol. The van der Waals surface area contributed by atoms with Crippen LogP contribution in [0.3, 0.4) is 0 Å². The highest BCUT2D eigenvalue weighted by Crippen LogP contribution is 2.23. The molecule has 0 fully saturated rings. The van der Waals surface area contributed by atoms with Crippen molar-refractivity contribution in [3.05, 3.63) is 83.8 Å². The standard InChI is InChI=1S/C22H19FN8O/c1-14-17(12-25-29(14)2)19-6-8-24-21-11-18(27-31(19)21)22(32)26-20-7-9-30(28-20)13-15-4-3-5-16(23)10-15/h3-12H,13H2,1-2H3,(H,26,28,32). The first-order valence-electron chi connectivity index (χ1n) is 9.91. The largest absolute Gasteiger partial charge is 0.304 e. The zero-order valence-corrected chi connectivity index (χ0v) is 17.4. The topological polar surface area (TPSA) is 94.9 Å². The van der Waals surface area contributed by atoms with Gasteiger partial charge in [0.25, 0.3) is 5.91 Å². The van der Waals surface area contributed by atoms with E-state index in [0.717, 1.165) is 22.5 Å². The van der Waals surface area contributed by atoms with Gasteiger partial charge in [-0.1, -0.05) is 12.1 Å². The highest BCUT2D eigenvalue weighted by atomic mass is 19.1. The predicted octanol–water partition coefficient (Wildman–Crippen LogP) is 3.07. The van der Waals surface area contributed by atoms with Gasteiger partial charge in [-0.15, -0.1) is 0 Å². The van der Waals surface area contributed by atoms with E-state index in [-0.39, 0.29) is 11.5 Å². The summed E-state index contributed by atoms with van der Waals surface area (Å²) in [6.45, 7) is 2.35. The molecule has 0 unspecified atom stereocenters. The Morgan fingerprint density at radius 2 is 2.03 bits per heavy atom. The number of hydrogen-bond acceptors (Lipinski definition) is 5. The number of nitrogens with zero attached hydrogens (tertiary/aromatic N) is 7. The van der Waals surface area contributed by atoms with Crippen molar-refractivity contribution in [3.8, 4) is 11.3 Å². The Hall–Kier alpha value is -4.34. The maximum atomic E-state index is 13.4. The smallest absolute Gasteiger partial charge is 0.277 e. The number of aromatic nitrogens is 7. The molecule has 1 N–H and O–H groups in total. The number of rotatable bonds is 5. The Morgan fingerprint density at radius 3 is 2.81 bits per heavy atom. The second-order valence-electron chi connectivity index (χ2n) is 7.38. The van der Waals surface area contributed by atoms with E-state index in [1.165, 1.54) is 12.1 Å². The minimum Gasteiger partial charge on any atom is -0.304 e. The Labute approximate surface area is 182 Å². The highest BCUT2D eigenvalue weighted by Gasteiger charge is 2.17. The summed E-state index contributed by atoms with van der Waals surface area (Å²) in [7, 11) is 1.87. The van der Waals surface area contributed by atoms with Gasteiger partial charge in [-0.25, -0.2) is 13.9 Å². The van der Waals surface area contributed by atoms with E-state index in [1.54, 1.807) is 50.7 Å². The van der Waals surface area contributed by atoms with Crippen LogP contribution in [0, 0.1) is 12.7 Å². The van der Waals surface area contributed by atoms with E-state index in [1.807, 2.05) is 26.1 Å². The molecule has 9 nitrogen and oxygen atoms in total. The molecular formula is C22H19FN8O. The highest BCUT2D eigenvalue weighted by molar-refractivity contribution is 6.03. The summed E-state index contributed by atoms with van der Waals surface area (Å²) >= 11 is 0. The Balaban J connectivity index is 1.37. The molecule has 10 heteroatoms. The number of amides is 1. The van der Waals surface area contributed by atoms with Crippen molar-refractivity contribution in [2.24, 2.45) is 7.05 Å². The SMILES string of the molecule is Cc1c(-c2ccnc3cc(C(=O)Nc4ccn(Cc5cccc(F)c5)n4)nn23)cnn1C. The number of carbonyl (C=O) groups excluding carboxylic acids is 1. The zero-order chi connectivity index (χ0) is 22.2. The van der Waals surface area contributed by atoms with E-state index in [4.69, 9.17) is 0 Å². The molecule has 0 aliphatic heterocycles. The summed E-state index contributed by atoms with van der Waals surface area (Å²) in [6.07, 6.45) is 5.15. The lowest BCUT2D eigenvalue weighted by molar-refractivity contribution is 0.102. The molecule has 0 spiro atoms. The van der Waals surface area contributed by atoms with Crippen LogP contribution in [0.25, 0.3) is 16.9 Å². The van der Waals surface area contributed by atoms with E-state index >= 15 is 0 Å². The molecule has 32 heavy (non-hydrogen) atoms. The Morgan fingerprint density at radius 1 is 1.16 bits per heavy atom. The first-order chi connectivity index (χ1) is 15.5. The summed E-state index contributed by atoms with van der Waals surface area (Å²) in [4.78, 5) is 17.1. The van der Waals surface area contributed by atoms with Crippen LogP contribution in [-0.4, -0.2) is 40.1 Å². The summed E-state index contributed by atoms with van der Waals surface area (Å²) < 4.78 is 18.4. The summed E-state index contributed by atoms with van der Waals surface area (Å²) in [5.41, 5.74) is 4.21. The number of hydrogen-bond donors (Lipinski definition) is 1. The van der Waals surface area contributed by atoms with Crippen LogP contribution in [0.5, 0.6) is 0 Å². The fourth-order valence-corrected chi connectivity index (χ4v) is 3.48. The molecule has 1 aromatic carbocycles. The van der Waals surface area contributed by atoms with Crippen molar-refractivity contribution in [2.75, 3.05) is 5.32 Å². The first-order valence-corrected chi connectivity index (χ1v) is 9.91. The average molecular weight is 430 g/mol. The average Bonchev–Trinajstić information content (AvgIpc) is 3.48. The van der Waals surface area contributed by atoms with Gasteiger partial charge in [-0.05, 0) is 30.7 Å². The second kappa shape index (κ2) is 7.73. The molecule has 5 aromatic rings. The van der Waals surface area contributed by atoms with Crippen LogP contribution < -0.4 is 5.32 Å². The van der Waals surface area contributed by atoms with E-state index in [9.17, 15) is 9.18 Å². The number of carbonyl (C=O) groups is 1. The van der Waals surface area contributed by atoms with Gasteiger partial charge in [0.05, 0.1) is 18.4 Å². The third-order valence-electron chi connectivity index (χ3n) is 5.22. The van der Waals surface area contributed by atoms with Crippen LogP contribution in [0.4, 0.5) is 10.2 Å². The quantitative estimate of drug-likeness (QED) is 0.462. The van der Waals surface area contributed by atoms with E-state index < -0.39 is 5.91 Å². The number of aryl methyl sites for hydroxylation is 1. The van der Waals surface area contributed by atoms with Crippen LogP contribution >= 0.6 is 0 Å². The number of nitrogens with one attached hydrogen (secondary N) is 1. The van der Waals surface area contributed by atoms with Gasteiger partial charge in [0.2, 0.25) is 0 Å². The molecule has 0 radical (unpaired) electrons. The van der Waals surface area contributed by atoms with E-state index in [2.05, 4.69) is 25.6 Å². The van der Waals surface area contributed by atoms with Crippen LogP contribution in [0.2, 0.25) is 0 Å². The minimum atomic E-state index is -0.402. The third-order valence-corrected chi connectivity index (χ3v) is 5.22. The third kappa shape index (κ3) is 3.62. The van der Waals surface area contributed by atoms with Crippen molar-refractivity contribution in [1.29, 1.82) is 0 Å². The summed E-state index contributed by atoms with van der Waals surface area (Å²) in [5.74, 6) is -0.329. The Kier molecular flexibility index (Phi) is 4.74. The summed E-state index contributed by atoms with van der Waals surface area (Å²) in [5, 5.41) is 15.8. The fraction of sp³-hybridized carbons (Fsp3) is 0.136. The number of anilines is 1. The molecule has 1 amide bonds. The fourth-order valence-electron chi connectivity index (χ4n) is 3.48. The van der Waals surface area contributed by atoms with Gasteiger partial charge >= 0.3 is 0 Å². The number of benzene rings is 1. The van der Waals surface area contributed by atoms with Gasteiger partial charge < -0.3 is 5.32 Å². The van der Waals surface area contributed by atoms with Gasteiger partial charge in [0.15, 0.2) is 17.2 Å². The molecule has 0 bridgehead atoms. The zero-order valence-electron chi connectivity index (χ0n) is 17.4. The lowest BCUT2D eigenvalue weighted by Crippen LogP contribution is -2.13. The van der Waals surface area contributed by atoms with E-state index in [0.29, 0.717) is 18.0 Å². The molecule has 4 aromatic heterocycles. The van der Waals surface area contributed by atoms with Gasteiger partial charge in [0.1, 0.15) is 5.82 Å². The van der Waals surface area contributed by atoms with Crippen LogP contribution in [-0.2, 0) is 13.6 Å². The monoisotopic (exact) mass is 430 g/mol. The lowest BCUT2D eigenvalue weighted by Gasteiger charge is -2.03. The van der Waals surface area contributed by atoms with Crippen LogP contribution in [0.1, 0.15) is 21.7 Å². The molecule has 0 aliphatic carbocycles. The summed E-state index contributed by atoms with van der Waals surface area (Å²) in [6, 6.07) is 11.4. The van der Waals surface area contributed by atoms with Crippen molar-refractivity contribution in [3.63, 3.8) is 0 Å². The molecule has 0 saturated heterocycles. The van der Waals surface area contributed by atoms with Crippen molar-refractivity contribution >= 4 is 17.4 Å². The Bertz CT molecular complexity index is 1450. The molecule has 0 atom stereocenters. The minimum absolute atomic E-state index is 0.214. The van der Waals surface area contributed by atoms with Crippen molar-refractivity contribution < 1.29 is 9.18 Å².